The molecule has 1 heterocycles. The lowest BCUT2D eigenvalue weighted by Gasteiger charge is -2.19. The average Bonchev–Trinajstić information content (AvgIpc) is 3.22. The molecule has 5 nitrogen and oxygen atoms in total. The minimum atomic E-state index is -0.0862. The van der Waals surface area contributed by atoms with Crippen molar-refractivity contribution < 1.29 is 19.3 Å². The van der Waals surface area contributed by atoms with E-state index in [0.29, 0.717) is 18.9 Å². The number of benzene rings is 2. The summed E-state index contributed by atoms with van der Waals surface area (Å²) in [5, 5.41) is 9.28. The van der Waals surface area contributed by atoms with Crippen LogP contribution >= 0.6 is 0 Å². The molecule has 2 atom stereocenters. The maximum Gasteiger partial charge on any atom is 0.212 e. The molecule has 3 aromatic rings. The van der Waals surface area contributed by atoms with Crippen LogP contribution in [0.2, 0.25) is 0 Å². The molecule has 0 radical (unpaired) electrons. The van der Waals surface area contributed by atoms with Crippen LogP contribution in [0.15, 0.2) is 60.8 Å². The molecule has 0 fully saturated rings. The molecule has 0 saturated heterocycles. The summed E-state index contributed by atoms with van der Waals surface area (Å²) in [5.41, 5.74) is 5.93. The zero-order valence-corrected chi connectivity index (χ0v) is 18.1. The molecule has 5 heteroatoms. The van der Waals surface area contributed by atoms with Crippen molar-refractivity contribution in [2.24, 2.45) is 0 Å². The number of methoxy groups -OCH3 is 1. The van der Waals surface area contributed by atoms with Crippen LogP contribution in [0.25, 0.3) is 11.1 Å². The summed E-state index contributed by atoms with van der Waals surface area (Å²) in [6.45, 7) is 2.69. The summed E-state index contributed by atoms with van der Waals surface area (Å²) < 4.78 is 17.3. The molecule has 0 saturated carbocycles. The predicted molar refractivity (Wildman–Crippen MR) is 120 cm³/mol. The van der Waals surface area contributed by atoms with E-state index < -0.39 is 0 Å². The van der Waals surface area contributed by atoms with Crippen LogP contribution in [-0.2, 0) is 11.2 Å². The standard InChI is InChI=1S/C26H29NO4/c1-3-30-24(15-16-28)18-7-10-20(11-8-18)31-25-13-12-22-21(5-4-6-23(22)25)19-9-14-26(29-2)27-17-19/h4-11,14,17,24-25,28H,3,12-13,15-16H2,1-2H3/t24-,25+/m0/s1. The molecule has 1 aromatic heterocycles. The fraction of sp³-hybridized carbons (Fsp3) is 0.346. The van der Waals surface area contributed by atoms with Gasteiger partial charge < -0.3 is 19.3 Å². The van der Waals surface area contributed by atoms with Crippen LogP contribution in [0.4, 0.5) is 0 Å². The van der Waals surface area contributed by atoms with Crippen molar-refractivity contribution in [2.75, 3.05) is 20.3 Å². The number of aliphatic hydroxyl groups is 1. The molecule has 1 aliphatic rings. The summed E-state index contributed by atoms with van der Waals surface area (Å²) in [7, 11) is 1.63. The lowest BCUT2D eigenvalue weighted by atomic mass is 9.98. The predicted octanol–water partition coefficient (Wildman–Crippen LogP) is 5.28. The Kier molecular flexibility index (Phi) is 6.85. The highest BCUT2D eigenvalue weighted by Crippen LogP contribution is 2.40. The molecular weight excluding hydrogens is 390 g/mol. The number of aromatic nitrogens is 1. The highest BCUT2D eigenvalue weighted by molar-refractivity contribution is 5.69. The van der Waals surface area contributed by atoms with Gasteiger partial charge in [-0.05, 0) is 60.2 Å². The molecule has 2 aromatic carbocycles. The van der Waals surface area contributed by atoms with Gasteiger partial charge in [0, 0.05) is 37.5 Å². The zero-order chi connectivity index (χ0) is 21.6. The fourth-order valence-corrected chi connectivity index (χ4v) is 4.26. The Balaban J connectivity index is 1.51. The van der Waals surface area contributed by atoms with Crippen LogP contribution < -0.4 is 9.47 Å². The summed E-state index contributed by atoms with van der Waals surface area (Å²) in [6, 6.07) is 18.4. The Morgan fingerprint density at radius 3 is 2.61 bits per heavy atom. The van der Waals surface area contributed by atoms with Gasteiger partial charge in [-0.2, -0.15) is 0 Å². The molecule has 0 amide bonds. The fourth-order valence-electron chi connectivity index (χ4n) is 4.26. The van der Waals surface area contributed by atoms with Crippen LogP contribution in [-0.4, -0.2) is 30.4 Å². The number of hydrogen-bond donors (Lipinski definition) is 1. The lowest BCUT2D eigenvalue weighted by Crippen LogP contribution is -2.07. The number of fused-ring (bicyclic) bond motifs is 1. The molecular formula is C26H29NO4. The van der Waals surface area contributed by atoms with E-state index in [2.05, 4.69) is 29.2 Å². The Morgan fingerprint density at radius 2 is 1.94 bits per heavy atom. The van der Waals surface area contributed by atoms with Gasteiger partial charge in [-0.1, -0.05) is 30.3 Å². The van der Waals surface area contributed by atoms with Crippen molar-refractivity contribution in [1.29, 1.82) is 0 Å². The van der Waals surface area contributed by atoms with Crippen LogP contribution in [0.3, 0.4) is 0 Å². The second-order valence-electron chi connectivity index (χ2n) is 7.63. The summed E-state index contributed by atoms with van der Waals surface area (Å²) >= 11 is 0. The minimum absolute atomic E-state index is 0.0344. The van der Waals surface area contributed by atoms with Crippen LogP contribution in [0.1, 0.15) is 48.7 Å². The van der Waals surface area contributed by atoms with Crippen molar-refractivity contribution in [2.45, 2.75) is 38.4 Å². The van der Waals surface area contributed by atoms with E-state index >= 15 is 0 Å². The van der Waals surface area contributed by atoms with Crippen LogP contribution in [0.5, 0.6) is 11.6 Å². The first-order valence-electron chi connectivity index (χ1n) is 10.8. The first-order valence-corrected chi connectivity index (χ1v) is 10.8. The van der Waals surface area contributed by atoms with Gasteiger partial charge in [0.1, 0.15) is 11.9 Å². The van der Waals surface area contributed by atoms with E-state index in [4.69, 9.17) is 14.2 Å². The summed E-state index contributed by atoms with van der Waals surface area (Å²) in [6.07, 6.45) is 4.33. The van der Waals surface area contributed by atoms with Gasteiger partial charge in [0.15, 0.2) is 0 Å². The Bertz CT molecular complexity index is 979. The topological polar surface area (TPSA) is 60.8 Å². The summed E-state index contributed by atoms with van der Waals surface area (Å²) in [4.78, 5) is 4.36. The molecule has 1 N–H and O–H groups in total. The number of hydrogen-bond acceptors (Lipinski definition) is 5. The Labute approximate surface area is 183 Å². The van der Waals surface area contributed by atoms with E-state index in [1.165, 1.54) is 16.7 Å². The van der Waals surface area contributed by atoms with Gasteiger partial charge in [-0.25, -0.2) is 4.98 Å². The normalized spacial score (nSPS) is 16.0. The van der Waals surface area contributed by atoms with E-state index in [0.717, 1.165) is 29.7 Å². The van der Waals surface area contributed by atoms with Crippen molar-refractivity contribution in [3.05, 3.63) is 77.5 Å². The third-order valence-electron chi connectivity index (χ3n) is 5.76. The van der Waals surface area contributed by atoms with Gasteiger partial charge in [0.25, 0.3) is 0 Å². The Hall–Kier alpha value is -2.89. The minimum Gasteiger partial charge on any atom is -0.486 e. The van der Waals surface area contributed by atoms with Gasteiger partial charge >= 0.3 is 0 Å². The largest absolute Gasteiger partial charge is 0.486 e. The van der Waals surface area contributed by atoms with Gasteiger partial charge in [-0.15, -0.1) is 0 Å². The first kappa shape index (κ1) is 21.3. The van der Waals surface area contributed by atoms with E-state index in [9.17, 15) is 5.11 Å². The number of pyridine rings is 1. The molecule has 0 bridgehead atoms. The van der Waals surface area contributed by atoms with Gasteiger partial charge in [0.2, 0.25) is 5.88 Å². The number of nitrogens with zero attached hydrogens (tertiary/aromatic N) is 1. The maximum absolute atomic E-state index is 9.28. The third kappa shape index (κ3) is 4.73. The molecule has 4 rings (SSSR count). The van der Waals surface area contributed by atoms with Crippen molar-refractivity contribution in [1.82, 2.24) is 4.98 Å². The maximum atomic E-state index is 9.28. The molecule has 0 unspecified atom stereocenters. The van der Waals surface area contributed by atoms with Gasteiger partial charge in [-0.3, -0.25) is 0 Å². The molecule has 0 spiro atoms. The Morgan fingerprint density at radius 1 is 1.10 bits per heavy atom. The first-order chi connectivity index (χ1) is 15.2. The molecule has 162 valence electrons. The third-order valence-corrected chi connectivity index (χ3v) is 5.76. The van der Waals surface area contributed by atoms with Crippen molar-refractivity contribution in [3.8, 4) is 22.8 Å². The lowest BCUT2D eigenvalue weighted by molar-refractivity contribution is 0.0431. The molecule has 0 aliphatic heterocycles. The van der Waals surface area contributed by atoms with Crippen molar-refractivity contribution >= 4 is 0 Å². The molecule has 1 aliphatic carbocycles. The van der Waals surface area contributed by atoms with Gasteiger partial charge in [0.05, 0.1) is 13.2 Å². The monoisotopic (exact) mass is 419 g/mol. The average molecular weight is 420 g/mol. The summed E-state index contributed by atoms with van der Waals surface area (Å²) in [5.74, 6) is 1.46. The molecule has 31 heavy (non-hydrogen) atoms. The second-order valence-corrected chi connectivity index (χ2v) is 7.63. The van der Waals surface area contributed by atoms with E-state index in [1.807, 2.05) is 43.5 Å². The highest BCUT2D eigenvalue weighted by Gasteiger charge is 2.26. The SMILES string of the molecule is CCO[C@@H](CCO)c1ccc(O[C@@H]2CCc3c(-c4ccc(OC)nc4)cccc32)cc1. The van der Waals surface area contributed by atoms with Crippen molar-refractivity contribution in [3.63, 3.8) is 0 Å². The second kappa shape index (κ2) is 9.94. The number of aliphatic hydroxyl groups excluding tert-OH is 1. The van der Waals surface area contributed by atoms with Crippen LogP contribution in [0, 0.1) is 0 Å². The van der Waals surface area contributed by atoms with E-state index in [-0.39, 0.29) is 18.8 Å². The number of ether oxygens (including phenoxy) is 3. The zero-order valence-electron chi connectivity index (χ0n) is 18.1. The highest BCUT2D eigenvalue weighted by atomic mass is 16.5. The quantitative estimate of drug-likeness (QED) is 0.511. The van der Waals surface area contributed by atoms with E-state index in [1.54, 1.807) is 7.11 Å². The smallest absolute Gasteiger partial charge is 0.212 e. The number of rotatable bonds is 9.